The van der Waals surface area contributed by atoms with Gasteiger partial charge in [0.1, 0.15) is 0 Å². The number of hydrogen-bond donors (Lipinski definition) is 0. The molecule has 9 nitrogen and oxygen atoms in total. The molecule has 0 rings (SSSR count). The Hall–Kier alpha value is -1.23. The molecular weight excluding hydrogens is 333 g/mol. The maximum Gasteiger partial charge on any atom is 0.593 e. The molecular formula is C8H13O9P3. The molecule has 0 fully saturated rings. The molecule has 0 unspecified atom stereocenters. The minimum Gasteiger partial charge on any atom is -0.403 e. The molecule has 0 aliphatic heterocycles. The van der Waals surface area contributed by atoms with Crippen LogP contribution in [0.1, 0.15) is 0 Å². The van der Waals surface area contributed by atoms with Gasteiger partial charge in [-0.2, -0.15) is 8.62 Å². The van der Waals surface area contributed by atoms with Crippen molar-refractivity contribution < 1.29 is 40.4 Å². The van der Waals surface area contributed by atoms with Crippen molar-refractivity contribution in [3.8, 4) is 0 Å². The average Bonchev–Trinajstić information content (AvgIpc) is 2.28. The van der Waals surface area contributed by atoms with Gasteiger partial charge in [-0.1, -0.05) is 26.3 Å². The van der Waals surface area contributed by atoms with Crippen molar-refractivity contribution in [1.82, 2.24) is 0 Å². The summed E-state index contributed by atoms with van der Waals surface area (Å²) in [4.78, 5) is 0. The van der Waals surface area contributed by atoms with Gasteiger partial charge in [-0.15, -0.1) is 0 Å². The molecule has 0 saturated carbocycles. The predicted molar refractivity (Wildman–Crippen MR) is 71.5 cm³/mol. The van der Waals surface area contributed by atoms with Crippen LogP contribution in [-0.2, 0) is 40.4 Å². The zero-order chi connectivity index (χ0) is 15.6. The summed E-state index contributed by atoms with van der Waals surface area (Å²) in [6.45, 7) is 12.5. The second-order valence-corrected chi connectivity index (χ2v) is 7.01. The van der Waals surface area contributed by atoms with E-state index >= 15 is 0 Å². The quantitative estimate of drug-likeness (QED) is 0.378. The van der Waals surface area contributed by atoms with Gasteiger partial charge in [0.15, 0.2) is 0 Å². The van der Waals surface area contributed by atoms with Crippen LogP contribution in [0.3, 0.4) is 0 Å². The maximum atomic E-state index is 11.7. The monoisotopic (exact) mass is 346 g/mol. The van der Waals surface area contributed by atoms with Gasteiger partial charge in [-0.25, -0.2) is 9.13 Å². The highest BCUT2D eigenvalue weighted by Gasteiger charge is 2.37. The van der Waals surface area contributed by atoms with E-state index in [9.17, 15) is 13.7 Å². The minimum absolute atomic E-state index is 0.722. The van der Waals surface area contributed by atoms with Gasteiger partial charge in [0.05, 0.1) is 25.0 Å². The van der Waals surface area contributed by atoms with Gasteiger partial charge in [0.25, 0.3) is 0 Å². The highest BCUT2D eigenvalue weighted by molar-refractivity contribution is 7.62. The first-order valence-corrected chi connectivity index (χ1v) is 8.79. The fourth-order valence-electron chi connectivity index (χ4n) is 0.700. The third-order valence-electron chi connectivity index (χ3n) is 1.19. The lowest BCUT2D eigenvalue weighted by Gasteiger charge is -2.16. The lowest BCUT2D eigenvalue weighted by molar-refractivity contribution is 0.225. The molecule has 0 radical (unpaired) electrons. The van der Waals surface area contributed by atoms with Crippen molar-refractivity contribution >= 4 is 23.9 Å². The Bertz CT molecular complexity index is 416. The molecule has 20 heavy (non-hydrogen) atoms. The van der Waals surface area contributed by atoms with Crippen LogP contribution in [0.15, 0.2) is 51.4 Å². The van der Waals surface area contributed by atoms with Crippen molar-refractivity contribution in [1.29, 1.82) is 0 Å². The van der Waals surface area contributed by atoms with Crippen LogP contribution in [0.25, 0.3) is 0 Å². The number of hydrogen-bond acceptors (Lipinski definition) is 9. The van der Waals surface area contributed by atoms with E-state index in [2.05, 4.69) is 53.0 Å². The van der Waals surface area contributed by atoms with Crippen LogP contribution in [0, 0.1) is 0 Å². The fourth-order valence-corrected chi connectivity index (χ4v) is 4.11. The summed E-state index contributed by atoms with van der Waals surface area (Å²) in [6.07, 6.45) is 2.89. The largest absolute Gasteiger partial charge is 0.593 e. The Morgan fingerprint density at radius 3 is 1.15 bits per heavy atom. The van der Waals surface area contributed by atoms with Crippen LogP contribution < -0.4 is 0 Å². The Balaban J connectivity index is 4.89. The molecule has 114 valence electrons. The number of rotatable bonds is 12. The topological polar surface area (TPSA) is 107 Å². The van der Waals surface area contributed by atoms with Gasteiger partial charge in [-0.3, -0.25) is 4.57 Å². The summed E-state index contributed by atoms with van der Waals surface area (Å²) in [7, 11) is -12.3. The van der Waals surface area contributed by atoms with Crippen molar-refractivity contribution in [2.24, 2.45) is 0 Å². The van der Waals surface area contributed by atoms with Gasteiger partial charge in [0, 0.05) is 0 Å². The fraction of sp³-hybridized carbons (Fsp3) is 0. The van der Waals surface area contributed by atoms with E-state index in [0.717, 1.165) is 25.0 Å². The third kappa shape index (κ3) is 6.80. The molecule has 0 aliphatic carbocycles. The molecule has 0 atom stereocenters. The Labute approximate surface area is 116 Å². The Kier molecular flexibility index (Phi) is 8.30. The summed E-state index contributed by atoms with van der Waals surface area (Å²) in [6, 6.07) is 0. The molecule has 0 heterocycles. The molecule has 0 amide bonds. The smallest absolute Gasteiger partial charge is 0.403 e. The van der Waals surface area contributed by atoms with E-state index in [1.807, 2.05) is 0 Å². The van der Waals surface area contributed by atoms with E-state index in [-0.39, 0.29) is 0 Å². The van der Waals surface area contributed by atoms with E-state index < -0.39 is 23.9 Å². The zero-order valence-corrected chi connectivity index (χ0v) is 13.0. The van der Waals surface area contributed by atoms with Crippen LogP contribution >= 0.6 is 23.9 Å². The summed E-state index contributed by atoms with van der Waals surface area (Å²) >= 11 is 0. The Morgan fingerprint density at radius 1 is 0.700 bits per heavy atom. The van der Waals surface area contributed by atoms with Crippen molar-refractivity contribution in [2.45, 2.75) is 0 Å². The molecule has 0 saturated heterocycles. The highest BCUT2D eigenvalue weighted by atomic mass is 31.3. The molecule has 0 aromatic rings. The second-order valence-electron chi connectivity index (χ2n) is 2.42. The molecule has 0 N–H and O–H groups in total. The third-order valence-corrected chi connectivity index (χ3v) is 5.80. The summed E-state index contributed by atoms with van der Waals surface area (Å²) in [5.41, 5.74) is 0. The van der Waals surface area contributed by atoms with Gasteiger partial charge < -0.3 is 18.1 Å². The van der Waals surface area contributed by atoms with Gasteiger partial charge in [-0.05, 0) is 0 Å². The molecule has 0 bridgehead atoms. The highest BCUT2D eigenvalue weighted by Crippen LogP contribution is 2.64. The van der Waals surface area contributed by atoms with Crippen molar-refractivity contribution in [3.63, 3.8) is 0 Å². The molecule has 0 aromatic heterocycles. The van der Waals surface area contributed by atoms with Crippen molar-refractivity contribution in [3.05, 3.63) is 51.4 Å². The minimum atomic E-state index is -4.31. The van der Waals surface area contributed by atoms with Crippen molar-refractivity contribution in [2.75, 3.05) is 0 Å². The van der Waals surface area contributed by atoms with E-state index in [0.29, 0.717) is 0 Å². The Morgan fingerprint density at radius 2 is 0.950 bits per heavy atom. The lowest BCUT2D eigenvalue weighted by Crippen LogP contribution is -1.91. The standard InChI is InChI=1S/C8H13O9P3/c1-5-12-19(10,13-6-2)16-18(9)17-20(11,14-7-3)15-8-4/h5-8,18H,1-4H2. The molecule has 0 aromatic carbocycles. The predicted octanol–water partition coefficient (Wildman–Crippen LogP) is 4.27. The summed E-state index contributed by atoms with van der Waals surface area (Å²) in [5.74, 6) is 0. The zero-order valence-electron chi connectivity index (χ0n) is 10.2. The van der Waals surface area contributed by atoms with Gasteiger partial charge in [0.2, 0.25) is 0 Å². The number of phosphoric acid groups is 2. The van der Waals surface area contributed by atoms with Crippen LogP contribution in [0.2, 0.25) is 0 Å². The number of phosphoric ester groups is 2. The normalized spacial score (nSPS) is 11.2. The van der Waals surface area contributed by atoms with E-state index in [1.165, 1.54) is 0 Å². The average molecular weight is 346 g/mol. The summed E-state index contributed by atoms with van der Waals surface area (Å²) < 4.78 is 61.5. The van der Waals surface area contributed by atoms with Crippen LogP contribution in [-0.4, -0.2) is 0 Å². The second kappa shape index (κ2) is 8.84. The lowest BCUT2D eigenvalue weighted by atomic mass is 11.2. The first kappa shape index (κ1) is 18.8. The summed E-state index contributed by atoms with van der Waals surface area (Å²) in [5, 5.41) is 0. The van der Waals surface area contributed by atoms with E-state index in [1.54, 1.807) is 0 Å². The molecule has 0 aliphatic rings. The first-order valence-electron chi connectivity index (χ1n) is 4.65. The van der Waals surface area contributed by atoms with E-state index in [4.69, 9.17) is 0 Å². The van der Waals surface area contributed by atoms with Gasteiger partial charge >= 0.3 is 23.9 Å². The van der Waals surface area contributed by atoms with Crippen LogP contribution in [0.5, 0.6) is 0 Å². The first-order chi connectivity index (χ1) is 9.34. The van der Waals surface area contributed by atoms with Crippen LogP contribution in [0.4, 0.5) is 0 Å². The maximum absolute atomic E-state index is 11.7. The molecule has 12 heteroatoms. The SMILES string of the molecule is C=COP(=O)(OC=C)O[PH](=O)OP(=O)(OC=C)OC=C. The molecule has 0 spiro atoms.